The second-order valence-corrected chi connectivity index (χ2v) is 5.69. The number of rotatable bonds is 3. The van der Waals surface area contributed by atoms with Gasteiger partial charge in [0.2, 0.25) is 5.88 Å². The molecule has 0 aliphatic heterocycles. The fourth-order valence-electron chi connectivity index (χ4n) is 2.37. The molecule has 2 heterocycles. The number of nitrogens with zero attached hydrogens (tertiary/aromatic N) is 1. The highest BCUT2D eigenvalue weighted by molar-refractivity contribution is 7.08. The second kappa shape index (κ2) is 5.26. The van der Waals surface area contributed by atoms with E-state index in [1.165, 1.54) is 0 Å². The maximum absolute atomic E-state index is 6.02. The molecule has 108 valence electrons. The van der Waals surface area contributed by atoms with E-state index in [1.54, 1.807) is 18.4 Å². The fraction of sp³-hybridized carbons (Fsp3) is 0.188. The first-order valence-corrected chi connectivity index (χ1v) is 7.49. The van der Waals surface area contributed by atoms with Crippen LogP contribution in [-0.4, -0.2) is 12.3 Å². The van der Waals surface area contributed by atoms with Crippen molar-refractivity contribution in [2.24, 2.45) is 0 Å². The van der Waals surface area contributed by atoms with E-state index in [1.807, 2.05) is 32.0 Å². The molecule has 0 saturated carbocycles. The smallest absolute Gasteiger partial charge is 0.230 e. The lowest BCUT2D eigenvalue weighted by Gasteiger charge is -2.09. The molecule has 0 saturated heterocycles. The van der Waals surface area contributed by atoms with E-state index in [0.29, 0.717) is 5.88 Å². The number of benzene rings is 1. The zero-order chi connectivity index (χ0) is 15.0. The molecular weight excluding hydrogens is 284 g/mol. The Hall–Kier alpha value is -2.27. The molecule has 1 aromatic carbocycles. The summed E-state index contributed by atoms with van der Waals surface area (Å²) in [5.41, 5.74) is 11.8. The van der Waals surface area contributed by atoms with Gasteiger partial charge in [0.1, 0.15) is 11.4 Å². The number of methoxy groups -OCH3 is 1. The highest BCUT2D eigenvalue weighted by Crippen LogP contribution is 2.42. The predicted molar refractivity (Wildman–Crippen MR) is 85.7 cm³/mol. The van der Waals surface area contributed by atoms with Crippen LogP contribution in [0.2, 0.25) is 0 Å². The summed E-state index contributed by atoms with van der Waals surface area (Å²) in [4.78, 5) is 0. The number of hydrogen-bond acceptors (Lipinski definition) is 5. The average molecular weight is 300 g/mol. The van der Waals surface area contributed by atoms with Crippen molar-refractivity contribution in [3.63, 3.8) is 0 Å². The van der Waals surface area contributed by atoms with Crippen molar-refractivity contribution in [1.29, 1.82) is 0 Å². The van der Waals surface area contributed by atoms with Gasteiger partial charge in [0.05, 0.1) is 12.7 Å². The van der Waals surface area contributed by atoms with E-state index in [-0.39, 0.29) is 0 Å². The number of aryl methyl sites for hydroxylation is 2. The molecule has 4 nitrogen and oxygen atoms in total. The van der Waals surface area contributed by atoms with E-state index < -0.39 is 0 Å². The van der Waals surface area contributed by atoms with Gasteiger partial charge in [0.15, 0.2) is 0 Å². The molecular formula is C16H16N2O2S. The Morgan fingerprint density at radius 1 is 1.19 bits per heavy atom. The minimum Gasteiger partial charge on any atom is -0.496 e. The zero-order valence-corrected chi connectivity index (χ0v) is 13.0. The largest absolute Gasteiger partial charge is 0.496 e. The van der Waals surface area contributed by atoms with Gasteiger partial charge in [-0.15, -0.1) is 0 Å². The van der Waals surface area contributed by atoms with Crippen molar-refractivity contribution in [3.05, 3.63) is 40.1 Å². The Bertz CT molecular complexity index is 789. The van der Waals surface area contributed by atoms with Crippen LogP contribution >= 0.6 is 11.3 Å². The van der Waals surface area contributed by atoms with Crippen LogP contribution in [0.15, 0.2) is 33.5 Å². The number of thiophene rings is 1. The summed E-state index contributed by atoms with van der Waals surface area (Å²) in [6.07, 6.45) is 0. The van der Waals surface area contributed by atoms with Crippen molar-refractivity contribution in [3.8, 4) is 28.1 Å². The quantitative estimate of drug-likeness (QED) is 0.784. The molecule has 0 amide bonds. The van der Waals surface area contributed by atoms with Gasteiger partial charge >= 0.3 is 0 Å². The first-order valence-electron chi connectivity index (χ1n) is 6.55. The maximum Gasteiger partial charge on any atom is 0.230 e. The van der Waals surface area contributed by atoms with E-state index in [0.717, 1.165) is 39.3 Å². The van der Waals surface area contributed by atoms with Crippen molar-refractivity contribution in [2.45, 2.75) is 13.8 Å². The van der Waals surface area contributed by atoms with E-state index in [4.69, 9.17) is 15.0 Å². The first-order chi connectivity index (χ1) is 10.1. The van der Waals surface area contributed by atoms with Crippen LogP contribution in [0, 0.1) is 13.8 Å². The first kappa shape index (κ1) is 13.7. The maximum atomic E-state index is 6.02. The Labute approximate surface area is 127 Å². The molecule has 2 N–H and O–H groups in total. The number of anilines is 1. The average Bonchev–Trinajstić information content (AvgIpc) is 3.04. The van der Waals surface area contributed by atoms with E-state index in [2.05, 4.69) is 15.9 Å². The Morgan fingerprint density at radius 3 is 2.67 bits per heavy atom. The van der Waals surface area contributed by atoms with Crippen molar-refractivity contribution in [1.82, 2.24) is 5.16 Å². The third kappa shape index (κ3) is 2.29. The Morgan fingerprint density at radius 2 is 2.00 bits per heavy atom. The van der Waals surface area contributed by atoms with Gasteiger partial charge in [-0.3, -0.25) is 0 Å². The number of ether oxygens (including phenoxy) is 1. The molecule has 0 fully saturated rings. The van der Waals surface area contributed by atoms with Crippen LogP contribution in [-0.2, 0) is 0 Å². The van der Waals surface area contributed by atoms with Crippen LogP contribution < -0.4 is 10.5 Å². The van der Waals surface area contributed by atoms with Gasteiger partial charge in [-0.2, -0.15) is 11.3 Å². The molecule has 0 unspecified atom stereocenters. The number of aromatic nitrogens is 1. The fourth-order valence-corrected chi connectivity index (χ4v) is 3.20. The Kier molecular flexibility index (Phi) is 3.43. The summed E-state index contributed by atoms with van der Waals surface area (Å²) in [7, 11) is 1.65. The third-order valence-corrected chi connectivity index (χ3v) is 4.31. The lowest BCUT2D eigenvalue weighted by molar-refractivity contribution is 0.416. The molecule has 3 aromatic rings. The molecule has 21 heavy (non-hydrogen) atoms. The number of nitrogens with two attached hydrogens (primary N) is 1. The van der Waals surface area contributed by atoms with Crippen molar-refractivity contribution in [2.75, 3.05) is 12.8 Å². The van der Waals surface area contributed by atoms with Gasteiger partial charge in [0.25, 0.3) is 0 Å². The third-order valence-electron chi connectivity index (χ3n) is 3.45. The summed E-state index contributed by atoms with van der Waals surface area (Å²) in [6, 6.07) is 5.97. The van der Waals surface area contributed by atoms with Gasteiger partial charge in [-0.05, 0) is 36.9 Å². The summed E-state index contributed by atoms with van der Waals surface area (Å²) in [6.45, 7) is 4.08. The molecule has 0 bridgehead atoms. The summed E-state index contributed by atoms with van der Waals surface area (Å²) in [5, 5.41) is 8.29. The number of nitrogen functional groups attached to an aromatic ring is 1. The second-order valence-electron chi connectivity index (χ2n) is 4.94. The van der Waals surface area contributed by atoms with Crippen molar-refractivity contribution < 1.29 is 9.26 Å². The molecule has 3 rings (SSSR count). The lowest BCUT2D eigenvalue weighted by atomic mass is 9.98. The van der Waals surface area contributed by atoms with Crippen LogP contribution in [0.5, 0.6) is 5.75 Å². The van der Waals surface area contributed by atoms with E-state index >= 15 is 0 Å². The minimum atomic E-state index is 0.305. The van der Waals surface area contributed by atoms with Crippen LogP contribution in [0.3, 0.4) is 0 Å². The molecule has 5 heteroatoms. The predicted octanol–water partition coefficient (Wildman–Crippen LogP) is 4.28. The van der Waals surface area contributed by atoms with E-state index in [9.17, 15) is 0 Å². The van der Waals surface area contributed by atoms with Gasteiger partial charge in [0, 0.05) is 16.5 Å². The van der Waals surface area contributed by atoms with Gasteiger partial charge in [-0.1, -0.05) is 16.8 Å². The Balaban J connectivity index is 2.27. The molecule has 2 aromatic heterocycles. The lowest BCUT2D eigenvalue weighted by Crippen LogP contribution is -1.93. The normalized spacial score (nSPS) is 10.8. The summed E-state index contributed by atoms with van der Waals surface area (Å²) >= 11 is 1.63. The van der Waals surface area contributed by atoms with Crippen LogP contribution in [0.4, 0.5) is 5.88 Å². The summed E-state index contributed by atoms with van der Waals surface area (Å²) in [5.74, 6) is 1.06. The van der Waals surface area contributed by atoms with Crippen molar-refractivity contribution >= 4 is 17.2 Å². The highest BCUT2D eigenvalue weighted by Gasteiger charge is 2.22. The monoisotopic (exact) mass is 300 g/mol. The topological polar surface area (TPSA) is 61.3 Å². The SMILES string of the molecule is COc1ccc(C)cc1-c1c(-c2cscc2C)noc1N. The molecule has 0 atom stereocenters. The molecule has 0 spiro atoms. The zero-order valence-electron chi connectivity index (χ0n) is 12.1. The van der Waals surface area contributed by atoms with Gasteiger partial charge < -0.3 is 15.0 Å². The number of hydrogen-bond donors (Lipinski definition) is 1. The van der Waals surface area contributed by atoms with Crippen LogP contribution in [0.1, 0.15) is 11.1 Å². The summed E-state index contributed by atoms with van der Waals surface area (Å²) < 4.78 is 10.7. The minimum absolute atomic E-state index is 0.305. The van der Waals surface area contributed by atoms with Crippen LogP contribution in [0.25, 0.3) is 22.4 Å². The molecule has 0 aliphatic carbocycles. The molecule has 0 radical (unpaired) electrons. The molecule has 0 aliphatic rings. The standard InChI is InChI=1S/C16H16N2O2S/c1-9-4-5-13(19-3)11(6-9)14-15(18-20-16(14)17)12-8-21-7-10(12)2/h4-8H,17H2,1-3H3. The van der Waals surface area contributed by atoms with Gasteiger partial charge in [-0.25, -0.2) is 0 Å². The highest BCUT2D eigenvalue weighted by atomic mass is 32.1.